The van der Waals surface area contributed by atoms with Crippen LogP contribution in [0, 0.1) is 0 Å². The van der Waals surface area contributed by atoms with E-state index in [2.05, 4.69) is 20.7 Å². The van der Waals surface area contributed by atoms with E-state index in [1.54, 1.807) is 31.0 Å². The summed E-state index contributed by atoms with van der Waals surface area (Å²) >= 11 is 0. The van der Waals surface area contributed by atoms with E-state index in [9.17, 15) is 4.79 Å². The van der Waals surface area contributed by atoms with Crippen LogP contribution >= 0.6 is 0 Å². The minimum Gasteiger partial charge on any atom is -0.493 e. The maximum absolute atomic E-state index is 12.2. The summed E-state index contributed by atoms with van der Waals surface area (Å²) in [6.07, 6.45) is 2.02. The van der Waals surface area contributed by atoms with Gasteiger partial charge >= 0.3 is 0 Å². The third-order valence-electron chi connectivity index (χ3n) is 4.16. The van der Waals surface area contributed by atoms with E-state index in [4.69, 9.17) is 9.47 Å². The number of para-hydroxylation sites is 2. The number of hydrogen-bond donors (Lipinski definition) is 2. The standard InChI is InChI=1S/C17H23N5O3/c1-22-17(20-16(21-22)12-7-9-18-10-8-12)19-15(23)11-25-14-6-4-3-5-13(14)24-2/h3-6,12,18H,7-11H2,1-2H3,(H,19,20,21,23). The molecule has 2 N–H and O–H groups in total. The molecular formula is C17H23N5O3. The normalized spacial score (nSPS) is 15.0. The van der Waals surface area contributed by atoms with Gasteiger partial charge in [0.05, 0.1) is 7.11 Å². The van der Waals surface area contributed by atoms with Crippen molar-refractivity contribution >= 4 is 11.9 Å². The van der Waals surface area contributed by atoms with Gasteiger partial charge in [-0.05, 0) is 38.1 Å². The zero-order valence-electron chi connectivity index (χ0n) is 14.5. The Morgan fingerprint density at radius 1 is 1.32 bits per heavy atom. The van der Waals surface area contributed by atoms with Gasteiger partial charge in [-0.1, -0.05) is 12.1 Å². The SMILES string of the molecule is COc1ccccc1OCC(=O)Nc1nc(C2CCNCC2)nn1C. The summed E-state index contributed by atoms with van der Waals surface area (Å²) in [5.41, 5.74) is 0. The van der Waals surface area contributed by atoms with Crippen LogP contribution in [0.15, 0.2) is 24.3 Å². The summed E-state index contributed by atoms with van der Waals surface area (Å²) in [6, 6.07) is 7.20. The molecule has 1 fully saturated rings. The van der Waals surface area contributed by atoms with Crippen molar-refractivity contribution < 1.29 is 14.3 Å². The molecule has 3 rings (SSSR count). The number of hydrogen-bond acceptors (Lipinski definition) is 6. The molecule has 0 atom stereocenters. The molecule has 1 aliphatic rings. The lowest BCUT2D eigenvalue weighted by molar-refractivity contribution is -0.118. The molecule has 1 saturated heterocycles. The summed E-state index contributed by atoms with van der Waals surface area (Å²) in [4.78, 5) is 16.6. The highest BCUT2D eigenvalue weighted by atomic mass is 16.5. The van der Waals surface area contributed by atoms with Crippen molar-refractivity contribution in [2.45, 2.75) is 18.8 Å². The summed E-state index contributed by atoms with van der Waals surface area (Å²) < 4.78 is 12.3. The lowest BCUT2D eigenvalue weighted by atomic mass is 9.98. The highest BCUT2D eigenvalue weighted by Crippen LogP contribution is 2.26. The predicted octanol–water partition coefficient (Wildman–Crippen LogP) is 1.31. The van der Waals surface area contributed by atoms with E-state index in [0.717, 1.165) is 31.8 Å². The lowest BCUT2D eigenvalue weighted by Crippen LogP contribution is -2.27. The first-order valence-corrected chi connectivity index (χ1v) is 8.34. The first-order chi connectivity index (χ1) is 12.2. The van der Waals surface area contributed by atoms with Gasteiger partial charge in [-0.2, -0.15) is 10.1 Å². The number of ether oxygens (including phenoxy) is 2. The molecule has 0 bridgehead atoms. The number of methoxy groups -OCH3 is 1. The second-order valence-corrected chi connectivity index (χ2v) is 5.93. The molecule has 134 valence electrons. The van der Waals surface area contributed by atoms with Crippen LogP contribution in [0.25, 0.3) is 0 Å². The second-order valence-electron chi connectivity index (χ2n) is 5.93. The molecular weight excluding hydrogens is 322 g/mol. The van der Waals surface area contributed by atoms with E-state index in [-0.39, 0.29) is 12.5 Å². The van der Waals surface area contributed by atoms with Gasteiger partial charge < -0.3 is 14.8 Å². The fourth-order valence-electron chi connectivity index (χ4n) is 2.81. The maximum atomic E-state index is 12.2. The largest absolute Gasteiger partial charge is 0.493 e. The van der Waals surface area contributed by atoms with Crippen LogP contribution in [0.5, 0.6) is 11.5 Å². The van der Waals surface area contributed by atoms with Crippen molar-refractivity contribution in [3.8, 4) is 11.5 Å². The van der Waals surface area contributed by atoms with Gasteiger partial charge in [0.2, 0.25) is 5.95 Å². The maximum Gasteiger partial charge on any atom is 0.264 e. The molecule has 0 radical (unpaired) electrons. The first kappa shape index (κ1) is 17.2. The Morgan fingerprint density at radius 3 is 2.76 bits per heavy atom. The summed E-state index contributed by atoms with van der Waals surface area (Å²) in [5.74, 6) is 2.36. The van der Waals surface area contributed by atoms with Gasteiger partial charge in [0, 0.05) is 13.0 Å². The number of aromatic nitrogens is 3. The number of anilines is 1. The first-order valence-electron chi connectivity index (χ1n) is 8.34. The van der Waals surface area contributed by atoms with E-state index < -0.39 is 0 Å². The van der Waals surface area contributed by atoms with E-state index in [1.807, 2.05) is 12.1 Å². The van der Waals surface area contributed by atoms with Crippen molar-refractivity contribution in [3.63, 3.8) is 0 Å². The van der Waals surface area contributed by atoms with E-state index in [1.165, 1.54) is 0 Å². The van der Waals surface area contributed by atoms with Crippen LogP contribution in [0.4, 0.5) is 5.95 Å². The molecule has 2 aromatic rings. The van der Waals surface area contributed by atoms with Crippen LogP contribution in [0.1, 0.15) is 24.6 Å². The second kappa shape index (κ2) is 7.98. The third-order valence-corrected chi connectivity index (χ3v) is 4.16. The molecule has 25 heavy (non-hydrogen) atoms. The molecule has 1 aromatic carbocycles. The molecule has 2 heterocycles. The van der Waals surface area contributed by atoms with Crippen LogP contribution in [-0.2, 0) is 11.8 Å². The van der Waals surface area contributed by atoms with Crippen molar-refractivity contribution in [1.82, 2.24) is 20.1 Å². The summed E-state index contributed by atoms with van der Waals surface area (Å²) in [7, 11) is 3.33. The van der Waals surface area contributed by atoms with Crippen LogP contribution in [-0.4, -0.2) is 47.5 Å². The number of nitrogens with one attached hydrogen (secondary N) is 2. The molecule has 1 amide bonds. The minimum atomic E-state index is -0.293. The fourth-order valence-corrected chi connectivity index (χ4v) is 2.81. The van der Waals surface area contributed by atoms with Gasteiger partial charge in [0.25, 0.3) is 5.91 Å². The van der Waals surface area contributed by atoms with Crippen molar-refractivity contribution in [1.29, 1.82) is 0 Å². The molecule has 1 aliphatic heterocycles. The monoisotopic (exact) mass is 345 g/mol. The van der Waals surface area contributed by atoms with Crippen molar-refractivity contribution in [2.24, 2.45) is 7.05 Å². The van der Waals surface area contributed by atoms with Gasteiger partial charge in [-0.3, -0.25) is 10.1 Å². The number of aryl methyl sites for hydroxylation is 1. The molecule has 0 unspecified atom stereocenters. The predicted molar refractivity (Wildman–Crippen MR) is 93.0 cm³/mol. The Morgan fingerprint density at radius 2 is 2.04 bits per heavy atom. The minimum absolute atomic E-state index is 0.129. The van der Waals surface area contributed by atoms with Gasteiger partial charge in [0.1, 0.15) is 0 Å². The van der Waals surface area contributed by atoms with Crippen molar-refractivity contribution in [2.75, 3.05) is 32.1 Å². The molecule has 0 spiro atoms. The number of rotatable bonds is 6. The average molecular weight is 345 g/mol. The van der Waals surface area contributed by atoms with E-state index in [0.29, 0.717) is 23.4 Å². The number of carbonyl (C=O) groups is 1. The summed E-state index contributed by atoms with van der Waals surface area (Å²) in [6.45, 7) is 1.81. The third kappa shape index (κ3) is 4.27. The van der Waals surface area contributed by atoms with Crippen LogP contribution in [0.2, 0.25) is 0 Å². The Kier molecular flexibility index (Phi) is 5.49. The topological polar surface area (TPSA) is 90.3 Å². The quantitative estimate of drug-likeness (QED) is 0.820. The molecule has 1 aromatic heterocycles. The number of nitrogens with zero attached hydrogens (tertiary/aromatic N) is 3. The number of carbonyl (C=O) groups excluding carboxylic acids is 1. The molecule has 0 aliphatic carbocycles. The Labute approximate surface area is 146 Å². The number of amides is 1. The van der Waals surface area contributed by atoms with Gasteiger partial charge in [0.15, 0.2) is 23.9 Å². The van der Waals surface area contributed by atoms with Crippen molar-refractivity contribution in [3.05, 3.63) is 30.1 Å². The lowest BCUT2D eigenvalue weighted by Gasteiger charge is -2.19. The molecule has 8 nitrogen and oxygen atoms in total. The number of benzene rings is 1. The fraction of sp³-hybridized carbons (Fsp3) is 0.471. The Hall–Kier alpha value is -2.61. The number of piperidine rings is 1. The Bertz CT molecular complexity index is 725. The summed E-state index contributed by atoms with van der Waals surface area (Å²) in [5, 5.41) is 10.5. The van der Waals surface area contributed by atoms with Gasteiger partial charge in [-0.25, -0.2) is 4.68 Å². The van der Waals surface area contributed by atoms with E-state index >= 15 is 0 Å². The van der Waals surface area contributed by atoms with Gasteiger partial charge in [-0.15, -0.1) is 0 Å². The zero-order chi connectivity index (χ0) is 17.6. The smallest absolute Gasteiger partial charge is 0.264 e. The van der Waals surface area contributed by atoms with Crippen LogP contribution in [0.3, 0.4) is 0 Å². The highest BCUT2D eigenvalue weighted by molar-refractivity contribution is 5.90. The Balaban J connectivity index is 1.58. The average Bonchev–Trinajstić information content (AvgIpc) is 3.01. The highest BCUT2D eigenvalue weighted by Gasteiger charge is 2.21. The molecule has 8 heteroatoms. The zero-order valence-corrected chi connectivity index (χ0v) is 14.5. The molecule has 0 saturated carbocycles. The van der Waals surface area contributed by atoms with Crippen LogP contribution < -0.4 is 20.1 Å².